The molecule has 0 aromatic heterocycles. The third-order valence-electron chi connectivity index (χ3n) is 2.78. The Bertz CT molecular complexity index is 659. The highest BCUT2D eigenvalue weighted by Crippen LogP contribution is 1.98. The number of nitrogens with zero attached hydrogens (tertiary/aromatic N) is 2. The summed E-state index contributed by atoms with van der Waals surface area (Å²) in [4.78, 5) is 1.78. The van der Waals surface area contributed by atoms with Gasteiger partial charge in [0.2, 0.25) is 30.1 Å². The van der Waals surface area contributed by atoms with Crippen LogP contribution in [0.2, 0.25) is 0 Å². The first-order valence-corrected chi connectivity index (χ1v) is 12.4. The molecule has 0 saturated carbocycles. The molecule has 0 amide bonds. The predicted octanol–water partition coefficient (Wildman–Crippen LogP) is -2.72. The molecule has 10 nitrogen and oxygen atoms in total. The molecule has 0 aliphatic carbocycles. The largest absolute Gasteiger partial charge is 0.304 e. The van der Waals surface area contributed by atoms with Crippen LogP contribution < -0.4 is 9.44 Å². The first-order chi connectivity index (χ1) is 10.2. The van der Waals surface area contributed by atoms with Gasteiger partial charge in [-0.3, -0.25) is 0 Å². The quantitative estimate of drug-likeness (QED) is 0.367. The van der Waals surface area contributed by atoms with Crippen LogP contribution in [0.5, 0.6) is 0 Å². The topological polar surface area (TPSA) is 133 Å². The van der Waals surface area contributed by atoms with Crippen molar-refractivity contribution >= 4 is 30.1 Å². The van der Waals surface area contributed by atoms with E-state index in [1.165, 1.54) is 4.31 Å². The van der Waals surface area contributed by atoms with E-state index in [9.17, 15) is 25.3 Å². The van der Waals surface area contributed by atoms with Gasteiger partial charge < -0.3 is 4.90 Å². The Labute approximate surface area is 139 Å². The van der Waals surface area contributed by atoms with Crippen molar-refractivity contribution in [3.8, 4) is 0 Å². The number of nitrogens with one attached hydrogen (secondary N) is 2. The molecule has 13 heteroatoms. The lowest BCUT2D eigenvalue weighted by Gasteiger charge is -2.23. The maximum absolute atomic E-state index is 11.7. The van der Waals surface area contributed by atoms with Gasteiger partial charge in [0, 0.05) is 39.3 Å². The van der Waals surface area contributed by atoms with Crippen molar-refractivity contribution in [2.75, 3.05) is 65.1 Å². The SMILES string of the molecule is CN(CCNS(C)(=O)=O)CCN(CCNS(C)(=O)=O)S(C)(=O)=O. The monoisotopic (exact) mass is 394 g/mol. The van der Waals surface area contributed by atoms with E-state index >= 15 is 0 Å². The molecule has 140 valence electrons. The Morgan fingerprint density at radius 2 is 1.13 bits per heavy atom. The second-order valence-electron chi connectivity index (χ2n) is 5.30. The minimum absolute atomic E-state index is 0.00868. The molecule has 0 aromatic rings. The number of hydrogen-bond acceptors (Lipinski definition) is 7. The summed E-state index contributed by atoms with van der Waals surface area (Å²) < 4.78 is 73.0. The molecule has 0 atom stereocenters. The molecule has 0 aliphatic heterocycles. The molecule has 0 heterocycles. The van der Waals surface area contributed by atoms with Crippen molar-refractivity contribution in [2.24, 2.45) is 0 Å². The van der Waals surface area contributed by atoms with E-state index in [4.69, 9.17) is 0 Å². The Morgan fingerprint density at radius 1 is 0.696 bits per heavy atom. The Morgan fingerprint density at radius 3 is 1.52 bits per heavy atom. The van der Waals surface area contributed by atoms with Crippen molar-refractivity contribution in [3.63, 3.8) is 0 Å². The molecular weight excluding hydrogens is 368 g/mol. The fourth-order valence-electron chi connectivity index (χ4n) is 1.62. The standard InChI is InChI=1S/C10H26N4O6S3/c1-13(7-5-11-21(2,15)16)9-10-14(23(4,19)20)8-6-12-22(3,17)18/h11-12H,5-10H2,1-4H3. The van der Waals surface area contributed by atoms with Gasteiger partial charge in [0.25, 0.3) is 0 Å². The minimum atomic E-state index is -3.46. The van der Waals surface area contributed by atoms with Crippen LogP contribution in [-0.4, -0.2) is 99.5 Å². The maximum atomic E-state index is 11.7. The van der Waals surface area contributed by atoms with Gasteiger partial charge in [0.15, 0.2) is 0 Å². The molecule has 0 aromatic carbocycles. The van der Waals surface area contributed by atoms with Crippen molar-refractivity contribution in [1.29, 1.82) is 0 Å². The zero-order valence-electron chi connectivity index (χ0n) is 13.8. The van der Waals surface area contributed by atoms with Crippen LogP contribution in [0.25, 0.3) is 0 Å². The van der Waals surface area contributed by atoms with E-state index in [1.807, 2.05) is 0 Å². The van der Waals surface area contributed by atoms with Crippen LogP contribution in [0.1, 0.15) is 0 Å². The molecule has 0 bridgehead atoms. The highest BCUT2D eigenvalue weighted by molar-refractivity contribution is 7.89. The summed E-state index contributed by atoms with van der Waals surface area (Å²) in [6, 6.07) is 0. The summed E-state index contributed by atoms with van der Waals surface area (Å²) in [6.45, 7) is 1.24. The Kier molecular flexibility index (Phi) is 9.12. The molecule has 2 N–H and O–H groups in total. The minimum Gasteiger partial charge on any atom is -0.304 e. The molecule has 0 unspecified atom stereocenters. The van der Waals surface area contributed by atoms with Crippen LogP contribution in [0.15, 0.2) is 0 Å². The van der Waals surface area contributed by atoms with Crippen molar-refractivity contribution in [2.45, 2.75) is 0 Å². The lowest BCUT2D eigenvalue weighted by molar-refractivity contribution is 0.298. The second-order valence-corrected chi connectivity index (χ2v) is 10.9. The van der Waals surface area contributed by atoms with Gasteiger partial charge in [-0.05, 0) is 7.05 Å². The smallest absolute Gasteiger partial charge is 0.211 e. The van der Waals surface area contributed by atoms with Gasteiger partial charge in [0.05, 0.1) is 18.8 Å². The van der Waals surface area contributed by atoms with Gasteiger partial charge in [-0.15, -0.1) is 0 Å². The molecule has 0 rings (SSSR count). The molecule has 0 aliphatic rings. The van der Waals surface area contributed by atoms with E-state index in [2.05, 4.69) is 9.44 Å². The zero-order valence-corrected chi connectivity index (χ0v) is 16.3. The fourth-order valence-corrected chi connectivity index (χ4v) is 3.38. The number of hydrogen-bond donors (Lipinski definition) is 2. The van der Waals surface area contributed by atoms with Crippen molar-refractivity contribution < 1.29 is 25.3 Å². The highest BCUT2D eigenvalue weighted by Gasteiger charge is 2.17. The summed E-state index contributed by atoms with van der Waals surface area (Å²) in [5, 5.41) is 0. The summed E-state index contributed by atoms with van der Waals surface area (Å²) in [6.07, 6.45) is 3.12. The third-order valence-corrected chi connectivity index (χ3v) is 5.54. The first-order valence-electron chi connectivity index (χ1n) is 6.73. The number of sulfonamides is 3. The lowest BCUT2D eigenvalue weighted by Crippen LogP contribution is -2.42. The average Bonchev–Trinajstić information content (AvgIpc) is 2.28. The molecule has 0 radical (unpaired) electrons. The van der Waals surface area contributed by atoms with Gasteiger partial charge >= 0.3 is 0 Å². The van der Waals surface area contributed by atoms with Gasteiger partial charge in [-0.1, -0.05) is 0 Å². The van der Waals surface area contributed by atoms with Crippen molar-refractivity contribution in [3.05, 3.63) is 0 Å². The van der Waals surface area contributed by atoms with E-state index < -0.39 is 30.1 Å². The molecule has 0 fully saturated rings. The molecular formula is C10H26N4O6S3. The van der Waals surface area contributed by atoms with Gasteiger partial charge in [-0.25, -0.2) is 34.7 Å². The van der Waals surface area contributed by atoms with Crippen LogP contribution in [0.3, 0.4) is 0 Å². The Hall–Kier alpha value is -0.310. The normalized spacial score (nSPS) is 13.8. The Balaban J connectivity index is 4.35. The van der Waals surface area contributed by atoms with Crippen LogP contribution >= 0.6 is 0 Å². The average molecular weight is 395 g/mol. The van der Waals surface area contributed by atoms with Crippen LogP contribution in [0.4, 0.5) is 0 Å². The van der Waals surface area contributed by atoms with Crippen molar-refractivity contribution in [1.82, 2.24) is 18.6 Å². The zero-order chi connectivity index (χ0) is 18.3. The van der Waals surface area contributed by atoms with Crippen LogP contribution in [0, 0.1) is 0 Å². The van der Waals surface area contributed by atoms with E-state index in [0.29, 0.717) is 13.1 Å². The van der Waals surface area contributed by atoms with Gasteiger partial charge in [-0.2, -0.15) is 4.31 Å². The maximum Gasteiger partial charge on any atom is 0.211 e. The number of likely N-dealkylation sites (N-methyl/N-ethyl adjacent to an activating group) is 1. The first kappa shape index (κ1) is 22.7. The van der Waals surface area contributed by atoms with E-state index in [1.54, 1.807) is 11.9 Å². The van der Waals surface area contributed by atoms with Crippen LogP contribution in [-0.2, 0) is 30.1 Å². The number of rotatable bonds is 12. The lowest BCUT2D eigenvalue weighted by atomic mass is 10.5. The second kappa shape index (κ2) is 9.25. The van der Waals surface area contributed by atoms with Gasteiger partial charge in [0.1, 0.15) is 0 Å². The summed E-state index contributed by atoms with van der Waals surface area (Å²) in [5.74, 6) is 0. The van der Waals surface area contributed by atoms with E-state index in [0.717, 1.165) is 18.8 Å². The molecule has 0 saturated heterocycles. The molecule has 0 spiro atoms. The fraction of sp³-hybridized carbons (Fsp3) is 1.00. The predicted molar refractivity (Wildman–Crippen MR) is 89.6 cm³/mol. The third kappa shape index (κ3) is 13.8. The summed E-state index contributed by atoms with van der Waals surface area (Å²) in [5.41, 5.74) is 0. The summed E-state index contributed by atoms with van der Waals surface area (Å²) >= 11 is 0. The van der Waals surface area contributed by atoms with E-state index in [-0.39, 0.29) is 26.2 Å². The molecule has 23 heavy (non-hydrogen) atoms. The highest BCUT2D eigenvalue weighted by atomic mass is 32.2. The summed E-state index contributed by atoms with van der Waals surface area (Å²) in [7, 11) is -8.34.